The third-order valence-corrected chi connectivity index (χ3v) is 3.83. The van der Waals surface area contributed by atoms with Crippen LogP contribution < -0.4 is 4.74 Å². The van der Waals surface area contributed by atoms with Crippen molar-refractivity contribution in [2.45, 2.75) is 0 Å². The minimum absolute atomic E-state index is 0.134. The molecule has 0 aliphatic heterocycles. The highest BCUT2D eigenvalue weighted by atomic mass is 32.1. The monoisotopic (exact) mass is 275 g/mol. The van der Waals surface area contributed by atoms with Gasteiger partial charge in [-0.05, 0) is 18.2 Å². The molecule has 19 heavy (non-hydrogen) atoms. The summed E-state index contributed by atoms with van der Waals surface area (Å²) in [6, 6.07) is 6.03. The number of ether oxygens (including phenoxy) is 1. The Hall–Kier alpha value is -2.14. The normalized spacial score (nSPS) is 10.8. The van der Waals surface area contributed by atoms with Crippen molar-refractivity contribution < 1.29 is 13.9 Å². The highest BCUT2D eigenvalue weighted by Gasteiger charge is 2.16. The molecular formula is C14H10FNO2S. The molecule has 0 aliphatic rings. The molecule has 3 aromatic rings. The van der Waals surface area contributed by atoms with Crippen LogP contribution in [-0.4, -0.2) is 17.9 Å². The standard InChI is InChI=1S/C14H10FNO2S/c1-18-9-5-13(19-7-9)14(17)11-6-16-12-3-2-8(15)4-10(11)12/h2-7,16H,1H3. The summed E-state index contributed by atoms with van der Waals surface area (Å²) in [7, 11) is 1.55. The van der Waals surface area contributed by atoms with E-state index in [4.69, 9.17) is 4.74 Å². The summed E-state index contributed by atoms with van der Waals surface area (Å²) < 4.78 is 18.3. The molecule has 0 unspecified atom stereocenters. The Morgan fingerprint density at radius 3 is 2.95 bits per heavy atom. The number of methoxy groups -OCH3 is 1. The Morgan fingerprint density at radius 2 is 2.21 bits per heavy atom. The van der Waals surface area contributed by atoms with Crippen LogP contribution in [0.4, 0.5) is 4.39 Å². The van der Waals surface area contributed by atoms with E-state index < -0.39 is 0 Å². The molecule has 0 atom stereocenters. The molecular weight excluding hydrogens is 265 g/mol. The minimum atomic E-state index is -0.357. The van der Waals surface area contributed by atoms with E-state index in [1.54, 1.807) is 30.8 Å². The summed E-state index contributed by atoms with van der Waals surface area (Å²) in [4.78, 5) is 15.9. The molecule has 96 valence electrons. The lowest BCUT2D eigenvalue weighted by molar-refractivity contribution is 0.104. The number of hydrogen-bond donors (Lipinski definition) is 1. The number of H-pyrrole nitrogens is 1. The van der Waals surface area contributed by atoms with Gasteiger partial charge in [-0.15, -0.1) is 11.3 Å². The molecule has 0 saturated carbocycles. The van der Waals surface area contributed by atoms with Crippen molar-refractivity contribution in [1.29, 1.82) is 0 Å². The van der Waals surface area contributed by atoms with E-state index in [1.807, 2.05) is 0 Å². The number of carbonyl (C=O) groups excluding carboxylic acids is 1. The average Bonchev–Trinajstić information content (AvgIpc) is 3.04. The molecule has 0 saturated heterocycles. The Labute approximate surface area is 112 Å². The lowest BCUT2D eigenvalue weighted by Gasteiger charge is -1.96. The molecule has 0 radical (unpaired) electrons. The number of thiophene rings is 1. The highest BCUT2D eigenvalue weighted by molar-refractivity contribution is 7.12. The molecule has 1 aromatic carbocycles. The molecule has 1 N–H and O–H groups in total. The number of carbonyl (C=O) groups is 1. The van der Waals surface area contributed by atoms with Gasteiger partial charge < -0.3 is 9.72 Å². The number of ketones is 1. The second-order valence-electron chi connectivity index (χ2n) is 4.07. The molecule has 0 fully saturated rings. The van der Waals surface area contributed by atoms with Gasteiger partial charge in [-0.1, -0.05) is 0 Å². The van der Waals surface area contributed by atoms with Gasteiger partial charge in [0.1, 0.15) is 11.6 Å². The van der Waals surface area contributed by atoms with Gasteiger partial charge in [0.2, 0.25) is 5.78 Å². The van der Waals surface area contributed by atoms with E-state index in [0.29, 0.717) is 21.6 Å². The van der Waals surface area contributed by atoms with Gasteiger partial charge in [0.25, 0.3) is 0 Å². The van der Waals surface area contributed by atoms with Crippen molar-refractivity contribution in [3.63, 3.8) is 0 Å². The van der Waals surface area contributed by atoms with E-state index in [0.717, 1.165) is 5.52 Å². The lowest BCUT2D eigenvalue weighted by Crippen LogP contribution is -1.97. The van der Waals surface area contributed by atoms with Crippen LogP contribution in [0.25, 0.3) is 10.9 Å². The summed E-state index contributed by atoms with van der Waals surface area (Å²) >= 11 is 1.31. The number of rotatable bonds is 3. The van der Waals surface area contributed by atoms with E-state index in [2.05, 4.69) is 4.98 Å². The van der Waals surface area contributed by atoms with Crippen molar-refractivity contribution in [2.75, 3.05) is 7.11 Å². The largest absolute Gasteiger partial charge is 0.496 e. The molecule has 2 heterocycles. The van der Waals surface area contributed by atoms with Crippen LogP contribution in [-0.2, 0) is 0 Å². The molecule has 2 aromatic heterocycles. The molecule has 0 amide bonds. The van der Waals surface area contributed by atoms with E-state index in [-0.39, 0.29) is 11.6 Å². The van der Waals surface area contributed by atoms with Crippen molar-refractivity contribution in [1.82, 2.24) is 4.98 Å². The van der Waals surface area contributed by atoms with Gasteiger partial charge >= 0.3 is 0 Å². The van der Waals surface area contributed by atoms with Crippen molar-refractivity contribution in [3.05, 3.63) is 52.1 Å². The van der Waals surface area contributed by atoms with E-state index in [1.165, 1.54) is 23.5 Å². The lowest BCUT2D eigenvalue weighted by atomic mass is 10.1. The summed E-state index contributed by atoms with van der Waals surface area (Å²) in [6.45, 7) is 0. The summed E-state index contributed by atoms with van der Waals surface area (Å²) in [5, 5.41) is 2.36. The highest BCUT2D eigenvalue weighted by Crippen LogP contribution is 2.27. The SMILES string of the molecule is COc1csc(C(=O)c2c[nH]c3ccc(F)cc23)c1. The quantitative estimate of drug-likeness (QED) is 0.742. The van der Waals surface area contributed by atoms with Crippen LogP contribution >= 0.6 is 11.3 Å². The Morgan fingerprint density at radius 1 is 1.37 bits per heavy atom. The summed E-state index contributed by atoms with van der Waals surface area (Å²) in [5.41, 5.74) is 1.22. The molecule has 0 bridgehead atoms. The van der Waals surface area contributed by atoms with Gasteiger partial charge in [-0.2, -0.15) is 0 Å². The number of fused-ring (bicyclic) bond motifs is 1. The second kappa shape index (κ2) is 4.51. The first-order chi connectivity index (χ1) is 9.19. The zero-order valence-corrected chi connectivity index (χ0v) is 10.9. The Balaban J connectivity index is 2.08. The van der Waals surface area contributed by atoms with E-state index in [9.17, 15) is 9.18 Å². The fourth-order valence-corrected chi connectivity index (χ4v) is 2.77. The smallest absolute Gasteiger partial charge is 0.205 e. The molecule has 3 nitrogen and oxygen atoms in total. The maximum atomic E-state index is 13.3. The molecule has 3 rings (SSSR count). The van der Waals surface area contributed by atoms with Crippen LogP contribution in [0.5, 0.6) is 5.75 Å². The van der Waals surface area contributed by atoms with Gasteiger partial charge in [-0.25, -0.2) is 4.39 Å². The van der Waals surface area contributed by atoms with Crippen molar-refractivity contribution >= 4 is 28.0 Å². The topological polar surface area (TPSA) is 42.1 Å². The van der Waals surface area contributed by atoms with Crippen molar-refractivity contribution in [3.8, 4) is 5.75 Å². The van der Waals surface area contributed by atoms with Crippen LogP contribution in [0.2, 0.25) is 0 Å². The fraction of sp³-hybridized carbons (Fsp3) is 0.0714. The zero-order valence-electron chi connectivity index (χ0n) is 10.1. The molecule has 5 heteroatoms. The van der Waals surface area contributed by atoms with Gasteiger partial charge in [-0.3, -0.25) is 4.79 Å². The second-order valence-corrected chi connectivity index (χ2v) is 4.98. The van der Waals surface area contributed by atoms with Crippen LogP contribution in [0, 0.1) is 5.82 Å². The Bertz CT molecular complexity index is 760. The van der Waals surface area contributed by atoms with Crippen molar-refractivity contribution in [2.24, 2.45) is 0 Å². The summed E-state index contributed by atoms with van der Waals surface area (Å²) in [5.74, 6) is 0.162. The summed E-state index contributed by atoms with van der Waals surface area (Å²) in [6.07, 6.45) is 1.61. The third-order valence-electron chi connectivity index (χ3n) is 2.92. The van der Waals surface area contributed by atoms with Crippen LogP contribution in [0.3, 0.4) is 0 Å². The number of aromatic amines is 1. The number of hydrogen-bond acceptors (Lipinski definition) is 3. The number of aromatic nitrogens is 1. The van der Waals surface area contributed by atoms with E-state index >= 15 is 0 Å². The first-order valence-electron chi connectivity index (χ1n) is 5.63. The van der Waals surface area contributed by atoms with Crippen LogP contribution in [0.15, 0.2) is 35.8 Å². The molecule has 0 aliphatic carbocycles. The van der Waals surface area contributed by atoms with Gasteiger partial charge in [0, 0.05) is 34.1 Å². The third kappa shape index (κ3) is 2.02. The van der Waals surface area contributed by atoms with Gasteiger partial charge in [0.05, 0.1) is 12.0 Å². The molecule has 0 spiro atoms. The maximum Gasteiger partial charge on any atom is 0.205 e. The zero-order chi connectivity index (χ0) is 13.4. The maximum absolute atomic E-state index is 13.3. The number of benzene rings is 1. The van der Waals surface area contributed by atoms with Crippen LogP contribution in [0.1, 0.15) is 15.2 Å². The average molecular weight is 275 g/mol. The fourth-order valence-electron chi connectivity index (χ4n) is 1.96. The predicted molar refractivity (Wildman–Crippen MR) is 72.6 cm³/mol. The number of halogens is 1. The Kier molecular flexibility index (Phi) is 2.83. The first kappa shape index (κ1) is 11.9. The number of nitrogens with one attached hydrogen (secondary N) is 1. The predicted octanol–water partition coefficient (Wildman–Crippen LogP) is 3.61. The van der Waals surface area contributed by atoms with Gasteiger partial charge in [0.15, 0.2) is 0 Å². The first-order valence-corrected chi connectivity index (χ1v) is 6.51. The minimum Gasteiger partial charge on any atom is -0.496 e.